The molecule has 0 amide bonds. The quantitative estimate of drug-likeness (QED) is 0.895. The minimum Gasteiger partial charge on any atom is -0.371 e. The molecule has 2 rings (SSSR count). The second-order valence-electron chi connectivity index (χ2n) is 5.52. The van der Waals surface area contributed by atoms with Crippen molar-refractivity contribution in [2.24, 2.45) is 11.1 Å². The van der Waals surface area contributed by atoms with E-state index < -0.39 is 11.7 Å². The van der Waals surface area contributed by atoms with E-state index in [9.17, 15) is 13.2 Å². The van der Waals surface area contributed by atoms with Crippen LogP contribution in [0.15, 0.2) is 24.3 Å². The lowest BCUT2D eigenvalue weighted by Gasteiger charge is -2.40. The Hall–Kier alpha value is -1.23. The van der Waals surface area contributed by atoms with Gasteiger partial charge in [0.05, 0.1) is 5.56 Å². The minimum atomic E-state index is -4.30. The van der Waals surface area contributed by atoms with Gasteiger partial charge in [-0.05, 0) is 36.9 Å². The Kier molecular flexibility index (Phi) is 3.76. The average molecular weight is 272 g/mol. The van der Waals surface area contributed by atoms with Crippen LogP contribution in [0.2, 0.25) is 0 Å². The third-order valence-electron chi connectivity index (χ3n) is 4.01. The van der Waals surface area contributed by atoms with Crippen LogP contribution < -0.4 is 10.6 Å². The first kappa shape index (κ1) is 14.2. The van der Waals surface area contributed by atoms with Crippen LogP contribution in [0.1, 0.15) is 25.3 Å². The van der Waals surface area contributed by atoms with Crippen LogP contribution in [0.4, 0.5) is 18.9 Å². The molecule has 0 atom stereocenters. The molecule has 5 heteroatoms. The van der Waals surface area contributed by atoms with Gasteiger partial charge in [-0.1, -0.05) is 19.1 Å². The second-order valence-corrected chi connectivity index (χ2v) is 5.52. The number of nitrogens with two attached hydrogens (primary N) is 1. The molecule has 0 aliphatic carbocycles. The number of rotatable bonds is 2. The fraction of sp³-hybridized carbons (Fsp3) is 0.571. The van der Waals surface area contributed by atoms with Gasteiger partial charge in [0.15, 0.2) is 0 Å². The number of alkyl halides is 3. The zero-order chi connectivity index (χ0) is 14.1. The van der Waals surface area contributed by atoms with Crippen LogP contribution >= 0.6 is 0 Å². The molecule has 1 aliphatic heterocycles. The molecular weight excluding hydrogens is 253 g/mol. The summed E-state index contributed by atoms with van der Waals surface area (Å²) in [6, 6.07) is 5.78. The molecule has 0 unspecified atom stereocenters. The monoisotopic (exact) mass is 272 g/mol. The molecule has 2 N–H and O–H groups in total. The van der Waals surface area contributed by atoms with Crippen molar-refractivity contribution >= 4 is 5.69 Å². The van der Waals surface area contributed by atoms with Gasteiger partial charge in [-0.3, -0.25) is 0 Å². The van der Waals surface area contributed by atoms with Crippen molar-refractivity contribution in [3.63, 3.8) is 0 Å². The molecule has 0 spiro atoms. The lowest BCUT2D eigenvalue weighted by Crippen LogP contribution is -2.42. The molecule has 2 nitrogen and oxygen atoms in total. The fourth-order valence-electron chi connectivity index (χ4n) is 2.48. The molecule has 1 aromatic carbocycles. The molecule has 1 saturated heterocycles. The number of para-hydroxylation sites is 1. The standard InChI is InChI=1S/C14H19F3N2/c1-13(10-18)6-8-19(9-7-13)12-5-3-2-4-11(12)14(15,16)17/h2-5H,6-10,18H2,1H3. The molecule has 1 fully saturated rings. The predicted octanol–water partition coefficient (Wildman–Crippen LogP) is 3.27. The van der Waals surface area contributed by atoms with E-state index in [0.29, 0.717) is 19.6 Å². The minimum absolute atomic E-state index is 0.0592. The van der Waals surface area contributed by atoms with E-state index in [1.165, 1.54) is 6.07 Å². The maximum Gasteiger partial charge on any atom is 0.418 e. The van der Waals surface area contributed by atoms with Gasteiger partial charge in [-0.2, -0.15) is 13.2 Å². The second kappa shape index (κ2) is 5.04. The van der Waals surface area contributed by atoms with E-state index in [2.05, 4.69) is 6.92 Å². The Morgan fingerprint density at radius 3 is 2.32 bits per heavy atom. The highest BCUT2D eigenvalue weighted by atomic mass is 19.4. The highest BCUT2D eigenvalue weighted by Crippen LogP contribution is 2.39. The summed E-state index contributed by atoms with van der Waals surface area (Å²) in [5.41, 5.74) is 5.52. The van der Waals surface area contributed by atoms with Gasteiger partial charge in [-0.15, -0.1) is 0 Å². The molecule has 0 bridgehead atoms. The van der Waals surface area contributed by atoms with Crippen LogP contribution in [0.25, 0.3) is 0 Å². The van der Waals surface area contributed by atoms with E-state index in [1.807, 2.05) is 4.90 Å². The summed E-state index contributed by atoms with van der Waals surface area (Å²) in [7, 11) is 0. The van der Waals surface area contributed by atoms with Crippen molar-refractivity contribution in [1.82, 2.24) is 0 Å². The van der Waals surface area contributed by atoms with Gasteiger partial charge in [0.1, 0.15) is 0 Å². The molecule has 0 radical (unpaired) electrons. The highest BCUT2D eigenvalue weighted by molar-refractivity contribution is 5.55. The Bertz CT molecular complexity index is 435. The Balaban J connectivity index is 2.21. The average Bonchev–Trinajstić information content (AvgIpc) is 2.39. The summed E-state index contributed by atoms with van der Waals surface area (Å²) in [5.74, 6) is 0. The van der Waals surface area contributed by atoms with Crippen molar-refractivity contribution in [2.75, 3.05) is 24.5 Å². The molecule has 1 aliphatic rings. The normalized spacial score (nSPS) is 19.5. The largest absolute Gasteiger partial charge is 0.418 e. The number of hydrogen-bond donors (Lipinski definition) is 1. The Morgan fingerprint density at radius 2 is 1.79 bits per heavy atom. The molecule has 0 aromatic heterocycles. The van der Waals surface area contributed by atoms with Crippen LogP contribution in [0.3, 0.4) is 0 Å². The number of halogens is 3. The van der Waals surface area contributed by atoms with Crippen molar-refractivity contribution in [1.29, 1.82) is 0 Å². The van der Waals surface area contributed by atoms with Gasteiger partial charge in [-0.25, -0.2) is 0 Å². The first-order valence-electron chi connectivity index (χ1n) is 6.47. The number of nitrogens with zero attached hydrogens (tertiary/aromatic N) is 1. The Labute approximate surface area is 111 Å². The zero-order valence-electron chi connectivity index (χ0n) is 11.0. The van der Waals surface area contributed by atoms with Gasteiger partial charge in [0, 0.05) is 18.8 Å². The summed E-state index contributed by atoms with van der Waals surface area (Å²) < 4.78 is 38.9. The van der Waals surface area contributed by atoms with Crippen molar-refractivity contribution in [2.45, 2.75) is 25.9 Å². The molecule has 1 aromatic rings. The molecule has 106 valence electrons. The summed E-state index contributed by atoms with van der Waals surface area (Å²) in [6.07, 6.45) is -2.64. The van der Waals surface area contributed by atoms with Crippen LogP contribution in [0.5, 0.6) is 0 Å². The molecule has 1 heterocycles. The summed E-state index contributed by atoms with van der Waals surface area (Å²) in [6.45, 7) is 3.93. The number of benzene rings is 1. The van der Waals surface area contributed by atoms with Crippen molar-refractivity contribution in [3.05, 3.63) is 29.8 Å². The number of piperidine rings is 1. The lowest BCUT2D eigenvalue weighted by atomic mass is 9.80. The van der Waals surface area contributed by atoms with Crippen LogP contribution in [-0.4, -0.2) is 19.6 Å². The van der Waals surface area contributed by atoms with Gasteiger partial charge >= 0.3 is 6.18 Å². The molecule has 19 heavy (non-hydrogen) atoms. The van der Waals surface area contributed by atoms with Crippen LogP contribution in [-0.2, 0) is 6.18 Å². The molecular formula is C14H19F3N2. The number of anilines is 1. The fourth-order valence-corrected chi connectivity index (χ4v) is 2.48. The topological polar surface area (TPSA) is 29.3 Å². The first-order valence-corrected chi connectivity index (χ1v) is 6.47. The summed E-state index contributed by atoms with van der Waals surface area (Å²) >= 11 is 0. The van der Waals surface area contributed by atoms with Gasteiger partial charge < -0.3 is 10.6 Å². The summed E-state index contributed by atoms with van der Waals surface area (Å²) in [5, 5.41) is 0. The molecule has 0 saturated carbocycles. The lowest BCUT2D eigenvalue weighted by molar-refractivity contribution is -0.137. The third-order valence-corrected chi connectivity index (χ3v) is 4.01. The number of hydrogen-bond acceptors (Lipinski definition) is 2. The zero-order valence-corrected chi connectivity index (χ0v) is 11.0. The predicted molar refractivity (Wildman–Crippen MR) is 70.1 cm³/mol. The highest BCUT2D eigenvalue weighted by Gasteiger charge is 2.36. The summed E-state index contributed by atoms with van der Waals surface area (Å²) in [4.78, 5) is 1.82. The first-order chi connectivity index (χ1) is 8.86. The van der Waals surface area contributed by atoms with Gasteiger partial charge in [0.25, 0.3) is 0 Å². The maximum absolute atomic E-state index is 13.0. The van der Waals surface area contributed by atoms with E-state index in [4.69, 9.17) is 5.73 Å². The van der Waals surface area contributed by atoms with Crippen LogP contribution in [0, 0.1) is 5.41 Å². The smallest absolute Gasteiger partial charge is 0.371 e. The van der Waals surface area contributed by atoms with E-state index in [-0.39, 0.29) is 11.1 Å². The Morgan fingerprint density at radius 1 is 1.21 bits per heavy atom. The van der Waals surface area contributed by atoms with E-state index in [0.717, 1.165) is 18.9 Å². The van der Waals surface area contributed by atoms with Crippen molar-refractivity contribution in [3.8, 4) is 0 Å². The SMILES string of the molecule is CC1(CN)CCN(c2ccccc2C(F)(F)F)CC1. The van der Waals surface area contributed by atoms with Crippen molar-refractivity contribution < 1.29 is 13.2 Å². The maximum atomic E-state index is 13.0. The van der Waals surface area contributed by atoms with Gasteiger partial charge in [0.2, 0.25) is 0 Å². The third kappa shape index (κ3) is 3.03. The van der Waals surface area contributed by atoms with E-state index >= 15 is 0 Å². The van der Waals surface area contributed by atoms with E-state index in [1.54, 1.807) is 12.1 Å².